The van der Waals surface area contributed by atoms with Crippen LogP contribution in [0.5, 0.6) is 0 Å². The zero-order chi connectivity index (χ0) is 11.0. The highest BCUT2D eigenvalue weighted by molar-refractivity contribution is 4.67. The number of ether oxygens (including phenoxy) is 1. The van der Waals surface area contributed by atoms with E-state index in [1.54, 1.807) is 7.11 Å². The second-order valence-electron chi connectivity index (χ2n) is 4.12. The van der Waals surface area contributed by atoms with Gasteiger partial charge in [-0.25, -0.2) is 0 Å². The van der Waals surface area contributed by atoms with Gasteiger partial charge in [0.1, 0.15) is 0 Å². The molecular formula is C11H26N2O. The first-order valence-electron chi connectivity index (χ1n) is 5.57. The van der Waals surface area contributed by atoms with Crippen molar-refractivity contribution in [1.82, 2.24) is 4.90 Å². The summed E-state index contributed by atoms with van der Waals surface area (Å²) in [6.45, 7) is 7.20. The molecule has 0 aromatic heterocycles. The summed E-state index contributed by atoms with van der Waals surface area (Å²) in [7, 11) is 3.83. The second kappa shape index (κ2) is 8.21. The van der Waals surface area contributed by atoms with Gasteiger partial charge in [0, 0.05) is 26.2 Å². The highest BCUT2D eigenvalue weighted by Gasteiger charge is 2.10. The number of hydrogen-bond donors (Lipinski definition) is 1. The van der Waals surface area contributed by atoms with Crippen LogP contribution in [0.15, 0.2) is 0 Å². The minimum Gasteiger partial charge on any atom is -0.383 e. The van der Waals surface area contributed by atoms with Gasteiger partial charge in [-0.2, -0.15) is 0 Å². The summed E-state index contributed by atoms with van der Waals surface area (Å²) in [6, 6.07) is 0.138. The molecule has 0 amide bonds. The molecule has 0 saturated carbocycles. The molecule has 14 heavy (non-hydrogen) atoms. The standard InChI is InChI=1S/C11H26N2O/c1-5-10(6-2)7-13(3)8-11(12)9-14-4/h10-11H,5-9,12H2,1-4H3. The Bertz CT molecular complexity index is 126. The van der Waals surface area contributed by atoms with Crippen LogP contribution in [0.1, 0.15) is 26.7 Å². The maximum atomic E-state index is 5.88. The van der Waals surface area contributed by atoms with Gasteiger partial charge in [-0.3, -0.25) is 0 Å². The largest absolute Gasteiger partial charge is 0.383 e. The fourth-order valence-corrected chi connectivity index (χ4v) is 1.73. The summed E-state index contributed by atoms with van der Waals surface area (Å²) in [6.07, 6.45) is 2.50. The molecule has 0 aliphatic heterocycles. The molecule has 3 heteroatoms. The van der Waals surface area contributed by atoms with Gasteiger partial charge in [0.2, 0.25) is 0 Å². The lowest BCUT2D eigenvalue weighted by molar-refractivity contribution is 0.155. The molecule has 0 spiro atoms. The van der Waals surface area contributed by atoms with E-state index in [1.165, 1.54) is 12.8 Å². The lowest BCUT2D eigenvalue weighted by atomic mass is 10.0. The fourth-order valence-electron chi connectivity index (χ4n) is 1.73. The molecule has 1 atom stereocenters. The van der Waals surface area contributed by atoms with E-state index in [-0.39, 0.29) is 6.04 Å². The molecule has 0 saturated heterocycles. The number of nitrogens with two attached hydrogens (primary N) is 1. The molecular weight excluding hydrogens is 176 g/mol. The highest BCUT2D eigenvalue weighted by atomic mass is 16.5. The van der Waals surface area contributed by atoms with Crippen molar-refractivity contribution in [2.24, 2.45) is 11.7 Å². The van der Waals surface area contributed by atoms with Crippen molar-refractivity contribution in [2.75, 3.05) is 33.9 Å². The van der Waals surface area contributed by atoms with Crippen molar-refractivity contribution in [1.29, 1.82) is 0 Å². The molecule has 0 fully saturated rings. The molecule has 0 aliphatic rings. The Kier molecular flexibility index (Phi) is 8.14. The summed E-state index contributed by atoms with van der Waals surface area (Å²) in [4.78, 5) is 2.31. The van der Waals surface area contributed by atoms with Crippen molar-refractivity contribution in [2.45, 2.75) is 32.7 Å². The van der Waals surface area contributed by atoms with Crippen molar-refractivity contribution >= 4 is 0 Å². The average molecular weight is 202 g/mol. The van der Waals surface area contributed by atoms with Gasteiger partial charge in [-0.05, 0) is 13.0 Å². The summed E-state index contributed by atoms with van der Waals surface area (Å²) >= 11 is 0. The van der Waals surface area contributed by atoms with E-state index in [2.05, 4.69) is 25.8 Å². The Labute approximate surface area is 88.6 Å². The van der Waals surface area contributed by atoms with E-state index in [0.29, 0.717) is 6.61 Å². The molecule has 0 aliphatic carbocycles. The zero-order valence-electron chi connectivity index (χ0n) is 10.1. The van der Waals surface area contributed by atoms with Crippen LogP contribution in [0, 0.1) is 5.92 Å². The number of likely N-dealkylation sites (N-methyl/N-ethyl adjacent to an activating group) is 1. The molecule has 0 radical (unpaired) electrons. The minimum absolute atomic E-state index is 0.138. The number of hydrogen-bond acceptors (Lipinski definition) is 3. The van der Waals surface area contributed by atoms with E-state index in [4.69, 9.17) is 10.5 Å². The van der Waals surface area contributed by atoms with Crippen LogP contribution in [-0.4, -0.2) is 44.8 Å². The maximum Gasteiger partial charge on any atom is 0.0626 e. The van der Waals surface area contributed by atoms with Crippen LogP contribution in [0.25, 0.3) is 0 Å². The number of rotatable bonds is 8. The van der Waals surface area contributed by atoms with Crippen LogP contribution in [0.2, 0.25) is 0 Å². The van der Waals surface area contributed by atoms with E-state index in [1.807, 2.05) is 0 Å². The van der Waals surface area contributed by atoms with Crippen LogP contribution < -0.4 is 5.73 Å². The topological polar surface area (TPSA) is 38.5 Å². The Morgan fingerprint density at radius 2 is 1.79 bits per heavy atom. The SMILES string of the molecule is CCC(CC)CN(C)CC(N)COC. The van der Waals surface area contributed by atoms with Crippen molar-refractivity contribution in [3.8, 4) is 0 Å². The van der Waals surface area contributed by atoms with Gasteiger partial charge in [-0.15, -0.1) is 0 Å². The third-order valence-electron chi connectivity index (χ3n) is 2.65. The number of nitrogens with zero attached hydrogens (tertiary/aromatic N) is 1. The lowest BCUT2D eigenvalue weighted by Gasteiger charge is -2.24. The third-order valence-corrected chi connectivity index (χ3v) is 2.65. The number of methoxy groups -OCH3 is 1. The Balaban J connectivity index is 3.67. The predicted molar refractivity (Wildman–Crippen MR) is 61.4 cm³/mol. The van der Waals surface area contributed by atoms with Crippen LogP contribution in [-0.2, 0) is 4.74 Å². The monoisotopic (exact) mass is 202 g/mol. The highest BCUT2D eigenvalue weighted by Crippen LogP contribution is 2.08. The van der Waals surface area contributed by atoms with Crippen molar-refractivity contribution in [3.63, 3.8) is 0 Å². The van der Waals surface area contributed by atoms with Crippen LogP contribution in [0.3, 0.4) is 0 Å². The molecule has 0 aromatic rings. The molecule has 3 nitrogen and oxygen atoms in total. The van der Waals surface area contributed by atoms with Gasteiger partial charge in [0.15, 0.2) is 0 Å². The normalized spacial score (nSPS) is 13.9. The predicted octanol–water partition coefficient (Wildman–Crippen LogP) is 1.33. The molecule has 0 aromatic carbocycles. The Morgan fingerprint density at radius 1 is 1.21 bits per heavy atom. The van der Waals surface area contributed by atoms with Gasteiger partial charge >= 0.3 is 0 Å². The van der Waals surface area contributed by atoms with E-state index in [9.17, 15) is 0 Å². The van der Waals surface area contributed by atoms with E-state index < -0.39 is 0 Å². The Morgan fingerprint density at radius 3 is 2.21 bits per heavy atom. The molecule has 0 heterocycles. The van der Waals surface area contributed by atoms with Crippen LogP contribution in [0.4, 0.5) is 0 Å². The fraction of sp³-hybridized carbons (Fsp3) is 1.00. The first-order chi connectivity index (χ1) is 6.63. The van der Waals surface area contributed by atoms with Crippen molar-refractivity contribution < 1.29 is 4.74 Å². The van der Waals surface area contributed by atoms with E-state index in [0.717, 1.165) is 19.0 Å². The maximum absolute atomic E-state index is 5.88. The van der Waals surface area contributed by atoms with Crippen molar-refractivity contribution in [3.05, 3.63) is 0 Å². The Hall–Kier alpha value is -0.120. The first-order valence-corrected chi connectivity index (χ1v) is 5.57. The van der Waals surface area contributed by atoms with Gasteiger partial charge < -0.3 is 15.4 Å². The molecule has 0 rings (SSSR count). The van der Waals surface area contributed by atoms with Gasteiger partial charge in [0.05, 0.1) is 6.61 Å². The van der Waals surface area contributed by atoms with Gasteiger partial charge in [-0.1, -0.05) is 26.7 Å². The summed E-state index contributed by atoms with van der Waals surface area (Å²) in [5, 5.41) is 0. The molecule has 1 unspecified atom stereocenters. The smallest absolute Gasteiger partial charge is 0.0626 e. The molecule has 2 N–H and O–H groups in total. The summed E-state index contributed by atoms with van der Waals surface area (Å²) in [5.41, 5.74) is 5.88. The molecule has 86 valence electrons. The van der Waals surface area contributed by atoms with Gasteiger partial charge in [0.25, 0.3) is 0 Å². The van der Waals surface area contributed by atoms with E-state index >= 15 is 0 Å². The minimum atomic E-state index is 0.138. The lowest BCUT2D eigenvalue weighted by Crippen LogP contribution is -2.40. The second-order valence-corrected chi connectivity index (χ2v) is 4.12. The van der Waals surface area contributed by atoms with Crippen LogP contribution >= 0.6 is 0 Å². The first kappa shape index (κ1) is 13.9. The zero-order valence-corrected chi connectivity index (χ0v) is 10.1. The average Bonchev–Trinajstić information content (AvgIpc) is 2.14. The summed E-state index contributed by atoms with van der Waals surface area (Å²) in [5.74, 6) is 0.801. The third kappa shape index (κ3) is 6.35. The quantitative estimate of drug-likeness (QED) is 0.645. The molecule has 0 bridgehead atoms. The summed E-state index contributed by atoms with van der Waals surface area (Å²) < 4.78 is 5.01.